The topological polar surface area (TPSA) is 41.8 Å². The third-order valence-electron chi connectivity index (χ3n) is 7.08. The highest BCUT2D eigenvalue weighted by Gasteiger charge is 2.21. The van der Waals surface area contributed by atoms with Gasteiger partial charge in [0.1, 0.15) is 11.4 Å². The first-order valence-corrected chi connectivity index (χ1v) is 13.3. The van der Waals surface area contributed by atoms with Crippen LogP contribution in [0.5, 0.6) is 5.75 Å². The van der Waals surface area contributed by atoms with Gasteiger partial charge in [-0.2, -0.15) is 0 Å². The fraction of sp³-hybridized carbons (Fsp3) is 0.281. The number of ether oxygens (including phenoxy) is 1. The van der Waals surface area contributed by atoms with Crippen molar-refractivity contribution in [1.29, 1.82) is 0 Å². The van der Waals surface area contributed by atoms with Crippen LogP contribution in [0.25, 0.3) is 28.3 Å². The Labute approximate surface area is 220 Å². The first-order chi connectivity index (χ1) is 18.1. The zero-order chi connectivity index (χ0) is 25.6. The third-order valence-corrected chi connectivity index (χ3v) is 7.08. The standard InChI is InChI=1S/C32H36N4O/c1-4-5-21-37-30-14-12-26(13-15-30)24(2)33-29-16-19-35(20-17-29)25(3)27-9-8-10-28(22-27)31-23-36-18-7-6-11-32(36)34-31/h6-15,18,22-23,29,33H,2-5,16-17,19-21H2,1H3. The number of nitrogens with one attached hydrogen (secondary N) is 1. The molecule has 5 nitrogen and oxygen atoms in total. The van der Waals surface area contributed by atoms with Crippen molar-refractivity contribution in [1.82, 2.24) is 19.6 Å². The molecule has 5 heteroatoms. The van der Waals surface area contributed by atoms with Gasteiger partial charge in [-0.25, -0.2) is 4.98 Å². The fourth-order valence-corrected chi connectivity index (χ4v) is 4.82. The van der Waals surface area contributed by atoms with E-state index in [1.165, 1.54) is 0 Å². The highest BCUT2D eigenvalue weighted by molar-refractivity contribution is 5.70. The first kappa shape index (κ1) is 24.7. The predicted molar refractivity (Wildman–Crippen MR) is 153 cm³/mol. The van der Waals surface area contributed by atoms with Crippen LogP contribution in [0.2, 0.25) is 0 Å². The molecule has 1 saturated heterocycles. The summed E-state index contributed by atoms with van der Waals surface area (Å²) in [5.74, 6) is 0.919. The quantitative estimate of drug-likeness (QED) is 0.245. The number of aromatic nitrogens is 2. The van der Waals surface area contributed by atoms with E-state index in [2.05, 4.69) is 77.3 Å². The number of hydrogen-bond acceptors (Lipinski definition) is 4. The molecule has 190 valence electrons. The average Bonchev–Trinajstić information content (AvgIpc) is 3.38. The molecule has 0 aliphatic carbocycles. The van der Waals surface area contributed by atoms with Gasteiger partial charge >= 0.3 is 0 Å². The molecule has 0 atom stereocenters. The number of benzene rings is 2. The Hall–Kier alpha value is -3.99. The van der Waals surface area contributed by atoms with E-state index in [1.54, 1.807) is 0 Å². The number of nitrogens with zero attached hydrogens (tertiary/aromatic N) is 3. The van der Waals surface area contributed by atoms with Gasteiger partial charge in [0.15, 0.2) is 0 Å². The van der Waals surface area contributed by atoms with Crippen molar-refractivity contribution in [3.63, 3.8) is 0 Å². The summed E-state index contributed by atoms with van der Waals surface area (Å²) in [5, 5.41) is 3.65. The summed E-state index contributed by atoms with van der Waals surface area (Å²) < 4.78 is 7.83. The Morgan fingerprint density at radius 1 is 1.00 bits per heavy atom. The van der Waals surface area contributed by atoms with Gasteiger partial charge in [0.25, 0.3) is 0 Å². The molecule has 1 N–H and O–H groups in total. The maximum absolute atomic E-state index is 5.78. The average molecular weight is 493 g/mol. The van der Waals surface area contributed by atoms with E-state index in [4.69, 9.17) is 9.72 Å². The molecule has 2 aromatic heterocycles. The fourth-order valence-electron chi connectivity index (χ4n) is 4.82. The Morgan fingerprint density at radius 2 is 1.81 bits per heavy atom. The molecule has 0 amide bonds. The van der Waals surface area contributed by atoms with Gasteiger partial charge < -0.3 is 19.4 Å². The lowest BCUT2D eigenvalue weighted by molar-refractivity contribution is 0.286. The molecular formula is C32H36N4O. The van der Waals surface area contributed by atoms with Crippen molar-refractivity contribution in [3.05, 3.63) is 103 Å². The van der Waals surface area contributed by atoms with Gasteiger partial charge in [-0.1, -0.05) is 50.8 Å². The summed E-state index contributed by atoms with van der Waals surface area (Å²) in [4.78, 5) is 7.17. The van der Waals surface area contributed by atoms with E-state index in [9.17, 15) is 0 Å². The Balaban J connectivity index is 1.15. The van der Waals surface area contributed by atoms with E-state index in [0.717, 1.165) is 90.6 Å². The zero-order valence-electron chi connectivity index (χ0n) is 21.7. The second kappa shape index (κ2) is 11.4. The normalized spacial score (nSPS) is 14.0. The van der Waals surface area contributed by atoms with E-state index in [1.807, 2.05) is 36.5 Å². The molecule has 0 bridgehead atoms. The van der Waals surface area contributed by atoms with E-state index >= 15 is 0 Å². The van der Waals surface area contributed by atoms with E-state index in [0.29, 0.717) is 6.04 Å². The van der Waals surface area contributed by atoms with Crippen LogP contribution in [0.1, 0.15) is 43.7 Å². The van der Waals surface area contributed by atoms with Gasteiger partial charge in [0, 0.05) is 48.5 Å². The first-order valence-electron chi connectivity index (χ1n) is 13.3. The van der Waals surface area contributed by atoms with Crippen molar-refractivity contribution < 1.29 is 4.74 Å². The number of pyridine rings is 1. The minimum Gasteiger partial charge on any atom is -0.494 e. The van der Waals surface area contributed by atoms with Gasteiger partial charge in [-0.05, 0) is 72.9 Å². The van der Waals surface area contributed by atoms with Crippen molar-refractivity contribution in [2.24, 2.45) is 0 Å². The minimum atomic E-state index is 0.404. The molecule has 0 saturated carbocycles. The Bertz CT molecular complexity index is 1330. The van der Waals surface area contributed by atoms with Crippen molar-refractivity contribution in [3.8, 4) is 17.0 Å². The SMILES string of the molecule is C=C(NC1CCN(C(=C)c2cccc(-c3cn4ccccc4n3)c2)CC1)c1ccc(OCCCC)cc1. The summed E-state index contributed by atoms with van der Waals surface area (Å²) in [6.45, 7) is 13.6. The van der Waals surface area contributed by atoms with Crippen molar-refractivity contribution in [2.75, 3.05) is 19.7 Å². The molecule has 1 fully saturated rings. The highest BCUT2D eigenvalue weighted by atomic mass is 16.5. The molecular weight excluding hydrogens is 456 g/mol. The van der Waals surface area contributed by atoms with E-state index < -0.39 is 0 Å². The van der Waals surface area contributed by atoms with Gasteiger partial charge in [-0.15, -0.1) is 0 Å². The van der Waals surface area contributed by atoms with Crippen molar-refractivity contribution in [2.45, 2.75) is 38.6 Å². The molecule has 4 aromatic rings. The molecule has 0 radical (unpaired) electrons. The molecule has 1 aliphatic heterocycles. The lowest BCUT2D eigenvalue weighted by Crippen LogP contribution is -2.40. The van der Waals surface area contributed by atoms with Crippen LogP contribution in [0.3, 0.4) is 0 Å². The molecule has 5 rings (SSSR count). The monoisotopic (exact) mass is 492 g/mol. The van der Waals surface area contributed by atoms with Crippen LogP contribution in [-0.2, 0) is 0 Å². The number of piperidine rings is 1. The van der Waals surface area contributed by atoms with Crippen LogP contribution >= 0.6 is 0 Å². The van der Waals surface area contributed by atoms with Crippen LogP contribution in [0, 0.1) is 0 Å². The van der Waals surface area contributed by atoms with Crippen LogP contribution in [-0.4, -0.2) is 40.0 Å². The van der Waals surface area contributed by atoms with Gasteiger partial charge in [0.2, 0.25) is 0 Å². The predicted octanol–water partition coefficient (Wildman–Crippen LogP) is 6.88. The number of likely N-dealkylation sites (tertiary alicyclic amines) is 1. The zero-order valence-corrected chi connectivity index (χ0v) is 21.7. The molecule has 0 unspecified atom stereocenters. The summed E-state index contributed by atoms with van der Waals surface area (Å²) >= 11 is 0. The molecule has 3 heterocycles. The second-order valence-electron chi connectivity index (χ2n) is 9.73. The minimum absolute atomic E-state index is 0.404. The molecule has 37 heavy (non-hydrogen) atoms. The summed E-state index contributed by atoms with van der Waals surface area (Å²) in [6.07, 6.45) is 8.41. The van der Waals surface area contributed by atoms with Crippen LogP contribution < -0.4 is 10.1 Å². The second-order valence-corrected chi connectivity index (χ2v) is 9.73. The molecule has 1 aliphatic rings. The third kappa shape index (κ3) is 5.88. The molecule has 0 spiro atoms. The van der Waals surface area contributed by atoms with Crippen molar-refractivity contribution >= 4 is 17.0 Å². The lowest BCUT2D eigenvalue weighted by Gasteiger charge is -2.36. The highest BCUT2D eigenvalue weighted by Crippen LogP contribution is 2.27. The summed E-state index contributed by atoms with van der Waals surface area (Å²) in [6, 6.07) is 23.3. The van der Waals surface area contributed by atoms with Gasteiger partial charge in [-0.3, -0.25) is 0 Å². The smallest absolute Gasteiger partial charge is 0.137 e. The number of fused-ring (bicyclic) bond motifs is 1. The summed E-state index contributed by atoms with van der Waals surface area (Å²) in [7, 11) is 0. The number of rotatable bonds is 10. The Morgan fingerprint density at radius 3 is 2.57 bits per heavy atom. The van der Waals surface area contributed by atoms with Crippen LogP contribution in [0.15, 0.2) is 92.3 Å². The number of imidazole rings is 1. The number of hydrogen-bond donors (Lipinski definition) is 1. The lowest BCUT2D eigenvalue weighted by atomic mass is 10.0. The van der Waals surface area contributed by atoms with Gasteiger partial charge in [0.05, 0.1) is 12.3 Å². The summed E-state index contributed by atoms with van der Waals surface area (Å²) in [5.41, 5.74) is 7.33. The largest absolute Gasteiger partial charge is 0.494 e. The number of unbranched alkanes of at least 4 members (excludes halogenated alkanes) is 1. The maximum atomic E-state index is 5.78. The van der Waals surface area contributed by atoms with Crippen LogP contribution in [0.4, 0.5) is 0 Å². The molecule has 2 aromatic carbocycles. The maximum Gasteiger partial charge on any atom is 0.137 e. The van der Waals surface area contributed by atoms with E-state index in [-0.39, 0.29) is 0 Å². The Kier molecular flexibility index (Phi) is 7.59.